The van der Waals surface area contributed by atoms with Gasteiger partial charge in [-0.25, -0.2) is 13.2 Å². The van der Waals surface area contributed by atoms with Gasteiger partial charge >= 0.3 is 5.97 Å². The van der Waals surface area contributed by atoms with E-state index in [9.17, 15) is 22.8 Å². The summed E-state index contributed by atoms with van der Waals surface area (Å²) < 4.78 is 32.8. The average molecular weight is 430 g/mol. The number of esters is 1. The summed E-state index contributed by atoms with van der Waals surface area (Å²) in [5, 5.41) is 0. The van der Waals surface area contributed by atoms with Crippen molar-refractivity contribution >= 4 is 39.2 Å². The molecular formula is C21H22N2O6S. The SMILES string of the molecule is CCCCOC(=O)c1ccc(NS(=O)(=O)c2ccc(N3C(=O)CCC3=O)cc2)cc1. The molecule has 1 N–H and O–H groups in total. The molecule has 2 aromatic carbocycles. The van der Waals surface area contributed by atoms with Crippen molar-refractivity contribution in [3.63, 3.8) is 0 Å². The number of carbonyl (C=O) groups excluding carboxylic acids is 3. The van der Waals surface area contributed by atoms with Crippen molar-refractivity contribution < 1.29 is 27.5 Å². The van der Waals surface area contributed by atoms with E-state index in [1.807, 2.05) is 6.92 Å². The summed E-state index contributed by atoms with van der Waals surface area (Å²) in [6.07, 6.45) is 2.01. The zero-order chi connectivity index (χ0) is 21.7. The van der Waals surface area contributed by atoms with E-state index in [0.717, 1.165) is 17.7 Å². The van der Waals surface area contributed by atoms with E-state index in [2.05, 4.69) is 4.72 Å². The van der Waals surface area contributed by atoms with E-state index in [0.29, 0.717) is 17.9 Å². The van der Waals surface area contributed by atoms with E-state index in [1.165, 1.54) is 48.5 Å². The molecule has 0 bridgehead atoms. The minimum absolute atomic E-state index is 0.0200. The maximum absolute atomic E-state index is 12.6. The third kappa shape index (κ3) is 4.85. The summed E-state index contributed by atoms with van der Waals surface area (Å²) in [6.45, 7) is 2.34. The number of amides is 2. The van der Waals surface area contributed by atoms with Gasteiger partial charge in [0, 0.05) is 18.5 Å². The van der Waals surface area contributed by atoms with E-state index in [-0.39, 0.29) is 35.2 Å². The molecule has 158 valence electrons. The van der Waals surface area contributed by atoms with Crippen LogP contribution in [0.3, 0.4) is 0 Å². The second kappa shape index (κ2) is 9.08. The molecule has 0 radical (unpaired) electrons. The number of hydrogen-bond donors (Lipinski definition) is 1. The summed E-state index contributed by atoms with van der Waals surface area (Å²) in [5.74, 6) is -1.07. The number of ether oxygens (including phenoxy) is 1. The van der Waals surface area contributed by atoms with Crippen molar-refractivity contribution in [2.24, 2.45) is 0 Å². The van der Waals surface area contributed by atoms with Crippen LogP contribution in [-0.4, -0.2) is 32.8 Å². The molecule has 0 atom stereocenters. The van der Waals surface area contributed by atoms with Gasteiger partial charge in [-0.15, -0.1) is 0 Å². The second-order valence-electron chi connectivity index (χ2n) is 6.79. The minimum atomic E-state index is -3.89. The molecule has 1 aliphatic rings. The Hall–Kier alpha value is -3.20. The monoisotopic (exact) mass is 430 g/mol. The smallest absolute Gasteiger partial charge is 0.338 e. The summed E-state index contributed by atoms with van der Waals surface area (Å²) >= 11 is 0. The fourth-order valence-electron chi connectivity index (χ4n) is 2.92. The third-order valence-electron chi connectivity index (χ3n) is 4.56. The van der Waals surface area contributed by atoms with Gasteiger partial charge < -0.3 is 4.74 Å². The van der Waals surface area contributed by atoms with Crippen LogP contribution in [0.2, 0.25) is 0 Å². The highest BCUT2D eigenvalue weighted by atomic mass is 32.2. The van der Waals surface area contributed by atoms with Crippen molar-refractivity contribution in [3.05, 3.63) is 54.1 Å². The lowest BCUT2D eigenvalue weighted by atomic mass is 10.2. The molecule has 1 heterocycles. The molecule has 3 rings (SSSR count). The zero-order valence-corrected chi connectivity index (χ0v) is 17.3. The van der Waals surface area contributed by atoms with E-state index >= 15 is 0 Å². The zero-order valence-electron chi connectivity index (χ0n) is 16.5. The highest BCUT2D eigenvalue weighted by Crippen LogP contribution is 2.25. The van der Waals surface area contributed by atoms with Crippen LogP contribution >= 0.6 is 0 Å². The van der Waals surface area contributed by atoms with Gasteiger partial charge in [-0.1, -0.05) is 13.3 Å². The Morgan fingerprint density at radius 3 is 2.17 bits per heavy atom. The highest BCUT2D eigenvalue weighted by molar-refractivity contribution is 7.92. The summed E-state index contributed by atoms with van der Waals surface area (Å²) in [6, 6.07) is 11.4. The van der Waals surface area contributed by atoms with Crippen LogP contribution < -0.4 is 9.62 Å². The molecule has 30 heavy (non-hydrogen) atoms. The van der Waals surface area contributed by atoms with Crippen LogP contribution in [-0.2, 0) is 24.3 Å². The van der Waals surface area contributed by atoms with Crippen molar-refractivity contribution in [1.29, 1.82) is 0 Å². The molecule has 0 aliphatic carbocycles. The fourth-order valence-corrected chi connectivity index (χ4v) is 3.98. The van der Waals surface area contributed by atoms with Gasteiger partial charge in [0.25, 0.3) is 10.0 Å². The maximum Gasteiger partial charge on any atom is 0.338 e. The first kappa shape index (κ1) is 21.5. The molecule has 2 amide bonds. The molecule has 2 aromatic rings. The van der Waals surface area contributed by atoms with Crippen LogP contribution in [0.15, 0.2) is 53.4 Å². The average Bonchev–Trinajstić information content (AvgIpc) is 3.06. The number of carbonyl (C=O) groups is 3. The predicted molar refractivity (Wildman–Crippen MR) is 111 cm³/mol. The van der Waals surface area contributed by atoms with Crippen LogP contribution in [0.1, 0.15) is 43.0 Å². The van der Waals surface area contributed by atoms with Crippen LogP contribution in [0.25, 0.3) is 0 Å². The Kier molecular flexibility index (Phi) is 6.51. The maximum atomic E-state index is 12.6. The van der Waals surface area contributed by atoms with Crippen LogP contribution in [0.4, 0.5) is 11.4 Å². The lowest BCUT2D eigenvalue weighted by Crippen LogP contribution is -2.28. The van der Waals surface area contributed by atoms with Crippen molar-refractivity contribution in [2.75, 3.05) is 16.2 Å². The van der Waals surface area contributed by atoms with Gasteiger partial charge in [0.15, 0.2) is 0 Å². The minimum Gasteiger partial charge on any atom is -0.462 e. The number of nitrogens with zero attached hydrogens (tertiary/aromatic N) is 1. The first-order valence-electron chi connectivity index (χ1n) is 9.57. The lowest BCUT2D eigenvalue weighted by Gasteiger charge is -2.14. The molecule has 0 aromatic heterocycles. The van der Waals surface area contributed by atoms with Crippen molar-refractivity contribution in [2.45, 2.75) is 37.5 Å². The fraction of sp³-hybridized carbons (Fsp3) is 0.286. The Bertz CT molecular complexity index is 1030. The first-order valence-corrected chi connectivity index (χ1v) is 11.1. The number of nitrogens with one attached hydrogen (secondary N) is 1. The lowest BCUT2D eigenvalue weighted by molar-refractivity contribution is -0.121. The Morgan fingerprint density at radius 1 is 1.00 bits per heavy atom. The van der Waals surface area contributed by atoms with Gasteiger partial charge in [-0.3, -0.25) is 19.2 Å². The van der Waals surface area contributed by atoms with Gasteiger partial charge in [0.1, 0.15) is 0 Å². The number of benzene rings is 2. The Balaban J connectivity index is 1.68. The largest absolute Gasteiger partial charge is 0.462 e. The number of rotatable bonds is 8. The van der Waals surface area contributed by atoms with Crippen LogP contribution in [0.5, 0.6) is 0 Å². The topological polar surface area (TPSA) is 110 Å². The number of imide groups is 1. The van der Waals surface area contributed by atoms with Crippen molar-refractivity contribution in [1.82, 2.24) is 0 Å². The Labute approximate surface area is 174 Å². The number of hydrogen-bond acceptors (Lipinski definition) is 6. The Morgan fingerprint density at radius 2 is 1.60 bits per heavy atom. The molecule has 1 saturated heterocycles. The second-order valence-corrected chi connectivity index (χ2v) is 8.47. The first-order chi connectivity index (χ1) is 14.3. The van der Waals surface area contributed by atoms with Gasteiger partial charge in [-0.2, -0.15) is 0 Å². The van der Waals surface area contributed by atoms with Crippen LogP contribution in [0, 0.1) is 0 Å². The molecular weight excluding hydrogens is 408 g/mol. The quantitative estimate of drug-likeness (QED) is 0.391. The number of anilines is 2. The normalized spacial score (nSPS) is 14.1. The third-order valence-corrected chi connectivity index (χ3v) is 5.96. The van der Waals surface area contributed by atoms with E-state index in [1.54, 1.807) is 0 Å². The van der Waals surface area contributed by atoms with Gasteiger partial charge in [0.2, 0.25) is 11.8 Å². The standard InChI is InChI=1S/C21H22N2O6S/c1-2-3-14-29-21(26)15-4-6-16(7-5-15)22-30(27,28)18-10-8-17(9-11-18)23-19(24)12-13-20(23)25/h4-11,22H,2-3,12-14H2,1H3. The molecule has 0 spiro atoms. The van der Waals surface area contributed by atoms with Gasteiger partial charge in [0.05, 0.1) is 22.8 Å². The highest BCUT2D eigenvalue weighted by Gasteiger charge is 2.30. The molecule has 1 aliphatic heterocycles. The van der Waals surface area contributed by atoms with Gasteiger partial charge in [-0.05, 0) is 55.0 Å². The molecule has 9 heteroatoms. The molecule has 0 unspecified atom stereocenters. The molecule has 1 fully saturated rings. The predicted octanol–water partition coefficient (Wildman–Crippen LogP) is 3.10. The van der Waals surface area contributed by atoms with E-state index in [4.69, 9.17) is 4.74 Å². The molecule has 0 saturated carbocycles. The summed E-state index contributed by atoms with van der Waals surface area (Å²) in [5.41, 5.74) is 0.958. The number of unbranched alkanes of at least 4 members (excludes halogenated alkanes) is 1. The van der Waals surface area contributed by atoms with Crippen molar-refractivity contribution in [3.8, 4) is 0 Å². The summed E-state index contributed by atoms with van der Waals surface area (Å²) in [4.78, 5) is 36.5. The van der Waals surface area contributed by atoms with E-state index < -0.39 is 16.0 Å². The molecule has 8 nitrogen and oxygen atoms in total. The summed E-state index contributed by atoms with van der Waals surface area (Å²) in [7, 11) is -3.89. The number of sulfonamides is 1.